The van der Waals surface area contributed by atoms with Crippen LogP contribution in [0.25, 0.3) is 22.2 Å². The average molecular weight is 471 g/mol. The van der Waals surface area contributed by atoms with Crippen LogP contribution in [-0.4, -0.2) is 28.2 Å². The number of aryl methyl sites for hydroxylation is 1. The fourth-order valence-electron chi connectivity index (χ4n) is 4.25. The van der Waals surface area contributed by atoms with Gasteiger partial charge in [0.15, 0.2) is 0 Å². The Kier molecular flexibility index (Phi) is 7.25. The molecule has 182 valence electrons. The number of para-hydroxylation sites is 1. The van der Waals surface area contributed by atoms with Gasteiger partial charge in [-0.3, -0.25) is 0 Å². The van der Waals surface area contributed by atoms with Gasteiger partial charge in [0.05, 0.1) is 18.2 Å². The van der Waals surface area contributed by atoms with Crippen LogP contribution in [-0.2, 0) is 17.7 Å². The molecular formula is C30H34N2O3. The summed E-state index contributed by atoms with van der Waals surface area (Å²) in [5, 5.41) is 0. The summed E-state index contributed by atoms with van der Waals surface area (Å²) in [7, 11) is 1.69. The predicted molar refractivity (Wildman–Crippen MR) is 141 cm³/mol. The Labute approximate surface area is 207 Å². The molecule has 0 amide bonds. The molecule has 0 N–H and O–H groups in total. The van der Waals surface area contributed by atoms with E-state index in [0.29, 0.717) is 5.56 Å². The molecule has 0 radical (unpaired) electrons. The van der Waals surface area contributed by atoms with Crippen molar-refractivity contribution in [3.63, 3.8) is 0 Å². The smallest absolute Gasteiger partial charge is 0.339 e. The standard InChI is InChI=1S/C30H34N2O3/c1-6-7-15-27-31-28-25(13-10-14-26(28)34-5)32(27)20-21-16-18-22(19-17-21)23-11-8-9-12-24(23)29(33)35-30(2,3)4/h8-14,16-19H,6-7,15,20H2,1-5H3. The second-order valence-corrected chi connectivity index (χ2v) is 9.79. The van der Waals surface area contributed by atoms with E-state index in [9.17, 15) is 4.79 Å². The van der Waals surface area contributed by atoms with Gasteiger partial charge in [0, 0.05) is 13.0 Å². The van der Waals surface area contributed by atoms with Gasteiger partial charge < -0.3 is 14.0 Å². The van der Waals surface area contributed by atoms with Crippen LogP contribution < -0.4 is 4.74 Å². The highest BCUT2D eigenvalue weighted by atomic mass is 16.6. The molecule has 0 aliphatic rings. The first kappa shape index (κ1) is 24.5. The third-order valence-corrected chi connectivity index (χ3v) is 5.95. The largest absolute Gasteiger partial charge is 0.494 e. The van der Waals surface area contributed by atoms with Crippen molar-refractivity contribution in [2.24, 2.45) is 0 Å². The maximum atomic E-state index is 12.8. The summed E-state index contributed by atoms with van der Waals surface area (Å²) >= 11 is 0. The minimum Gasteiger partial charge on any atom is -0.494 e. The third kappa shape index (κ3) is 5.56. The Morgan fingerprint density at radius 2 is 1.71 bits per heavy atom. The zero-order chi connectivity index (χ0) is 25.0. The lowest BCUT2D eigenvalue weighted by molar-refractivity contribution is 0.00704. The van der Waals surface area contributed by atoms with E-state index < -0.39 is 5.60 Å². The zero-order valence-corrected chi connectivity index (χ0v) is 21.3. The van der Waals surface area contributed by atoms with Crippen molar-refractivity contribution in [3.8, 4) is 16.9 Å². The molecule has 4 aromatic rings. The van der Waals surface area contributed by atoms with Crippen molar-refractivity contribution >= 4 is 17.0 Å². The second kappa shape index (κ2) is 10.3. The van der Waals surface area contributed by atoms with Crippen LogP contribution in [0, 0.1) is 0 Å². The molecule has 3 aromatic carbocycles. The van der Waals surface area contributed by atoms with Crippen LogP contribution in [0.1, 0.15) is 62.3 Å². The molecule has 0 fully saturated rings. The van der Waals surface area contributed by atoms with E-state index in [1.54, 1.807) is 7.11 Å². The maximum absolute atomic E-state index is 12.8. The quantitative estimate of drug-likeness (QED) is 0.259. The van der Waals surface area contributed by atoms with Crippen LogP contribution in [0.5, 0.6) is 5.75 Å². The van der Waals surface area contributed by atoms with Gasteiger partial charge in [0.25, 0.3) is 0 Å². The molecule has 5 nitrogen and oxygen atoms in total. The molecule has 0 aliphatic heterocycles. The van der Waals surface area contributed by atoms with E-state index in [0.717, 1.165) is 59.5 Å². The monoisotopic (exact) mass is 470 g/mol. The number of fused-ring (bicyclic) bond motifs is 1. The lowest BCUT2D eigenvalue weighted by atomic mass is 9.98. The topological polar surface area (TPSA) is 53.4 Å². The number of aromatic nitrogens is 2. The fraction of sp³-hybridized carbons (Fsp3) is 0.333. The van der Waals surface area contributed by atoms with Crippen LogP contribution in [0.4, 0.5) is 0 Å². The Balaban J connectivity index is 1.65. The summed E-state index contributed by atoms with van der Waals surface area (Å²) in [6.07, 6.45) is 3.13. The van der Waals surface area contributed by atoms with Crippen molar-refractivity contribution in [1.29, 1.82) is 0 Å². The summed E-state index contributed by atoms with van der Waals surface area (Å²) in [5.41, 5.74) is 5.04. The summed E-state index contributed by atoms with van der Waals surface area (Å²) in [6, 6.07) is 22.1. The number of hydrogen-bond donors (Lipinski definition) is 0. The molecule has 0 spiro atoms. The highest BCUT2D eigenvalue weighted by molar-refractivity contribution is 5.97. The number of imidazole rings is 1. The van der Waals surface area contributed by atoms with E-state index in [2.05, 4.69) is 41.8 Å². The van der Waals surface area contributed by atoms with Gasteiger partial charge in [-0.05, 0) is 62.1 Å². The first-order valence-corrected chi connectivity index (χ1v) is 12.2. The number of benzene rings is 3. The van der Waals surface area contributed by atoms with Crippen LogP contribution in [0.15, 0.2) is 66.7 Å². The molecule has 1 aromatic heterocycles. The van der Waals surface area contributed by atoms with E-state index in [-0.39, 0.29) is 5.97 Å². The normalized spacial score (nSPS) is 11.6. The fourth-order valence-corrected chi connectivity index (χ4v) is 4.25. The van der Waals surface area contributed by atoms with E-state index >= 15 is 0 Å². The summed E-state index contributed by atoms with van der Waals surface area (Å²) in [4.78, 5) is 17.7. The summed E-state index contributed by atoms with van der Waals surface area (Å²) in [6.45, 7) is 8.56. The molecule has 4 rings (SSSR count). The molecule has 0 bridgehead atoms. The van der Waals surface area contributed by atoms with Crippen molar-refractivity contribution in [1.82, 2.24) is 9.55 Å². The Bertz CT molecular complexity index is 1310. The first-order chi connectivity index (χ1) is 16.8. The minimum atomic E-state index is -0.542. The van der Waals surface area contributed by atoms with Gasteiger partial charge in [-0.15, -0.1) is 0 Å². The Morgan fingerprint density at radius 3 is 2.40 bits per heavy atom. The number of nitrogens with zero attached hydrogens (tertiary/aromatic N) is 2. The van der Waals surface area contributed by atoms with Gasteiger partial charge in [-0.25, -0.2) is 9.78 Å². The first-order valence-electron chi connectivity index (χ1n) is 12.2. The van der Waals surface area contributed by atoms with Crippen molar-refractivity contribution in [2.45, 2.75) is 59.1 Å². The maximum Gasteiger partial charge on any atom is 0.339 e. The van der Waals surface area contributed by atoms with Gasteiger partial charge in [0.1, 0.15) is 22.7 Å². The zero-order valence-electron chi connectivity index (χ0n) is 21.3. The minimum absolute atomic E-state index is 0.309. The number of ether oxygens (including phenoxy) is 2. The number of carbonyl (C=O) groups is 1. The van der Waals surface area contributed by atoms with Gasteiger partial charge in [-0.2, -0.15) is 0 Å². The van der Waals surface area contributed by atoms with Crippen LogP contribution in [0.2, 0.25) is 0 Å². The number of unbranched alkanes of at least 4 members (excludes halogenated alkanes) is 1. The van der Waals surface area contributed by atoms with Crippen LogP contribution >= 0.6 is 0 Å². The SMILES string of the molecule is CCCCc1nc2c(OC)cccc2n1Cc1ccc(-c2ccccc2C(=O)OC(C)(C)C)cc1. The summed E-state index contributed by atoms with van der Waals surface area (Å²) in [5.74, 6) is 1.57. The van der Waals surface area contributed by atoms with Crippen LogP contribution in [0.3, 0.4) is 0 Å². The molecule has 0 unspecified atom stereocenters. The van der Waals surface area contributed by atoms with Gasteiger partial charge in [0.2, 0.25) is 0 Å². The molecule has 0 aliphatic carbocycles. The Hall–Kier alpha value is -3.60. The number of carbonyl (C=O) groups excluding carboxylic acids is 1. The average Bonchev–Trinajstić information content (AvgIpc) is 3.19. The Morgan fingerprint density at radius 1 is 0.971 bits per heavy atom. The lowest BCUT2D eigenvalue weighted by Crippen LogP contribution is -2.24. The van der Waals surface area contributed by atoms with Gasteiger partial charge in [-0.1, -0.05) is 61.9 Å². The highest BCUT2D eigenvalue weighted by Crippen LogP contribution is 2.29. The second-order valence-electron chi connectivity index (χ2n) is 9.79. The summed E-state index contributed by atoms with van der Waals surface area (Å²) < 4.78 is 13.5. The van der Waals surface area contributed by atoms with E-state index in [1.807, 2.05) is 57.2 Å². The van der Waals surface area contributed by atoms with E-state index in [1.165, 1.54) is 5.56 Å². The van der Waals surface area contributed by atoms with Crippen molar-refractivity contribution < 1.29 is 14.3 Å². The third-order valence-electron chi connectivity index (χ3n) is 5.95. The molecule has 0 saturated heterocycles. The van der Waals surface area contributed by atoms with E-state index in [4.69, 9.17) is 14.5 Å². The number of rotatable bonds is 8. The molecule has 1 heterocycles. The molecule has 0 atom stereocenters. The lowest BCUT2D eigenvalue weighted by Gasteiger charge is -2.20. The number of esters is 1. The van der Waals surface area contributed by atoms with Crippen molar-refractivity contribution in [2.75, 3.05) is 7.11 Å². The molecule has 5 heteroatoms. The number of hydrogen-bond acceptors (Lipinski definition) is 4. The van der Waals surface area contributed by atoms with Crippen molar-refractivity contribution in [3.05, 3.63) is 83.7 Å². The predicted octanol–water partition coefficient (Wildman–Crippen LogP) is 7.06. The molecular weight excluding hydrogens is 436 g/mol. The van der Waals surface area contributed by atoms with Gasteiger partial charge >= 0.3 is 5.97 Å². The molecule has 0 saturated carbocycles. The molecule has 35 heavy (non-hydrogen) atoms. The number of methoxy groups -OCH3 is 1. The highest BCUT2D eigenvalue weighted by Gasteiger charge is 2.21.